The Bertz CT molecular complexity index is 603. The molecule has 2 aromatic rings. The van der Waals surface area contributed by atoms with Gasteiger partial charge in [-0.25, -0.2) is 4.98 Å². The molecule has 0 saturated carbocycles. The normalized spacial score (nSPS) is 11.8. The molecule has 8 heteroatoms. The van der Waals surface area contributed by atoms with Gasteiger partial charge in [0, 0.05) is 11.8 Å². The highest BCUT2D eigenvalue weighted by Crippen LogP contribution is 2.30. The lowest BCUT2D eigenvalue weighted by molar-refractivity contribution is -0.115. The van der Waals surface area contributed by atoms with Crippen molar-refractivity contribution in [2.24, 2.45) is 0 Å². The number of rotatable bonds is 6. The largest absolute Gasteiger partial charge is 0.493 e. The molecule has 2 rings (SSSR count). The third kappa shape index (κ3) is 3.88. The summed E-state index contributed by atoms with van der Waals surface area (Å²) in [7, 11) is 3.11. The van der Waals surface area contributed by atoms with Crippen molar-refractivity contribution in [2.45, 2.75) is 17.3 Å². The fourth-order valence-corrected chi connectivity index (χ4v) is 2.34. The standard InChI is InChI=1S/C13H16N4O3S/c1-8(21-13-14-7-15-17-13)12(18)16-9-4-5-10(19-2)11(6-9)20-3/h4-8H,1-3H3,(H,16,18)(H,14,15,17). The number of thioether (sulfide) groups is 1. The number of anilines is 1. The molecule has 0 bridgehead atoms. The predicted molar refractivity (Wildman–Crippen MR) is 79.9 cm³/mol. The van der Waals surface area contributed by atoms with Gasteiger partial charge in [0.15, 0.2) is 16.7 Å². The minimum absolute atomic E-state index is 0.136. The van der Waals surface area contributed by atoms with E-state index in [0.717, 1.165) is 0 Å². The van der Waals surface area contributed by atoms with Crippen molar-refractivity contribution in [2.75, 3.05) is 19.5 Å². The van der Waals surface area contributed by atoms with E-state index < -0.39 is 0 Å². The first-order valence-electron chi connectivity index (χ1n) is 6.19. The number of amides is 1. The monoisotopic (exact) mass is 308 g/mol. The molecule has 0 aliphatic carbocycles. The van der Waals surface area contributed by atoms with E-state index in [1.807, 2.05) is 0 Å². The van der Waals surface area contributed by atoms with Gasteiger partial charge in [0.2, 0.25) is 5.91 Å². The van der Waals surface area contributed by atoms with Crippen LogP contribution in [0, 0.1) is 0 Å². The lowest BCUT2D eigenvalue weighted by atomic mass is 10.2. The van der Waals surface area contributed by atoms with Gasteiger partial charge >= 0.3 is 0 Å². The zero-order valence-corrected chi connectivity index (χ0v) is 12.7. The van der Waals surface area contributed by atoms with E-state index in [2.05, 4.69) is 20.5 Å². The highest BCUT2D eigenvalue weighted by molar-refractivity contribution is 8.00. The fraction of sp³-hybridized carbons (Fsp3) is 0.308. The van der Waals surface area contributed by atoms with E-state index in [-0.39, 0.29) is 11.2 Å². The number of H-pyrrole nitrogens is 1. The topological polar surface area (TPSA) is 89.1 Å². The van der Waals surface area contributed by atoms with Gasteiger partial charge in [-0.2, -0.15) is 5.10 Å². The number of carbonyl (C=O) groups is 1. The molecule has 1 heterocycles. The Morgan fingerprint density at radius 3 is 2.71 bits per heavy atom. The first-order chi connectivity index (χ1) is 10.1. The van der Waals surface area contributed by atoms with Gasteiger partial charge in [-0.1, -0.05) is 11.8 Å². The van der Waals surface area contributed by atoms with E-state index in [1.54, 1.807) is 39.3 Å². The van der Waals surface area contributed by atoms with Crippen molar-refractivity contribution >= 4 is 23.4 Å². The van der Waals surface area contributed by atoms with E-state index in [4.69, 9.17) is 9.47 Å². The van der Waals surface area contributed by atoms with Crippen LogP contribution >= 0.6 is 11.8 Å². The third-order valence-corrected chi connectivity index (χ3v) is 3.69. The lowest BCUT2D eigenvalue weighted by Gasteiger charge is -2.13. The molecule has 0 fully saturated rings. The molecule has 21 heavy (non-hydrogen) atoms. The Labute approximate surface area is 126 Å². The highest BCUT2D eigenvalue weighted by Gasteiger charge is 2.16. The average molecular weight is 308 g/mol. The third-order valence-electron chi connectivity index (χ3n) is 2.70. The Morgan fingerprint density at radius 1 is 1.33 bits per heavy atom. The molecule has 7 nitrogen and oxygen atoms in total. The van der Waals surface area contributed by atoms with E-state index in [0.29, 0.717) is 22.3 Å². The van der Waals surface area contributed by atoms with Crippen LogP contribution in [0.2, 0.25) is 0 Å². The molecule has 1 atom stereocenters. The smallest absolute Gasteiger partial charge is 0.237 e. The maximum atomic E-state index is 12.1. The number of carbonyl (C=O) groups excluding carboxylic acids is 1. The van der Waals surface area contributed by atoms with Crippen molar-refractivity contribution in [3.63, 3.8) is 0 Å². The molecular weight excluding hydrogens is 292 g/mol. The van der Waals surface area contributed by atoms with Crippen LogP contribution in [0.25, 0.3) is 0 Å². The summed E-state index contributed by atoms with van der Waals surface area (Å²) in [5.41, 5.74) is 0.641. The van der Waals surface area contributed by atoms with E-state index in [1.165, 1.54) is 18.1 Å². The number of aromatic nitrogens is 3. The van der Waals surface area contributed by atoms with Crippen molar-refractivity contribution in [3.05, 3.63) is 24.5 Å². The maximum absolute atomic E-state index is 12.1. The van der Waals surface area contributed by atoms with Crippen LogP contribution in [0.4, 0.5) is 5.69 Å². The minimum atomic E-state index is -0.314. The Morgan fingerprint density at radius 2 is 2.10 bits per heavy atom. The molecule has 2 N–H and O–H groups in total. The van der Waals surface area contributed by atoms with Gasteiger partial charge in [0.25, 0.3) is 0 Å². The number of nitrogens with zero attached hydrogens (tertiary/aromatic N) is 2. The predicted octanol–water partition coefficient (Wildman–Crippen LogP) is 1.94. The molecule has 1 aromatic heterocycles. The number of hydrogen-bond acceptors (Lipinski definition) is 6. The summed E-state index contributed by atoms with van der Waals surface area (Å²) in [5.74, 6) is 1.04. The summed E-state index contributed by atoms with van der Waals surface area (Å²) >= 11 is 1.30. The molecule has 0 radical (unpaired) electrons. The van der Waals surface area contributed by atoms with Crippen molar-refractivity contribution in [1.82, 2.24) is 15.2 Å². The number of methoxy groups -OCH3 is 2. The molecule has 112 valence electrons. The Kier molecular flexibility index (Phi) is 5.04. The van der Waals surface area contributed by atoms with Gasteiger partial charge in [0.05, 0.1) is 19.5 Å². The second kappa shape index (κ2) is 6.98. The summed E-state index contributed by atoms with van der Waals surface area (Å²) in [5, 5.41) is 9.56. The lowest BCUT2D eigenvalue weighted by Crippen LogP contribution is -2.22. The van der Waals surface area contributed by atoms with Crippen LogP contribution in [0.3, 0.4) is 0 Å². The molecular formula is C13H16N4O3S. The minimum Gasteiger partial charge on any atom is -0.493 e. The highest BCUT2D eigenvalue weighted by atomic mass is 32.2. The number of ether oxygens (including phenoxy) is 2. The van der Waals surface area contributed by atoms with Crippen LogP contribution in [-0.2, 0) is 4.79 Å². The van der Waals surface area contributed by atoms with Crippen LogP contribution in [0.5, 0.6) is 11.5 Å². The van der Waals surface area contributed by atoms with Gasteiger partial charge in [-0.3, -0.25) is 9.89 Å². The Balaban J connectivity index is 2.01. The SMILES string of the molecule is COc1ccc(NC(=O)C(C)Sc2ncn[nH]2)cc1OC. The van der Waals surface area contributed by atoms with Gasteiger partial charge < -0.3 is 14.8 Å². The zero-order chi connectivity index (χ0) is 15.2. The molecule has 0 aliphatic heterocycles. The number of aromatic amines is 1. The summed E-state index contributed by atoms with van der Waals surface area (Å²) < 4.78 is 10.4. The second-order valence-electron chi connectivity index (χ2n) is 4.11. The summed E-state index contributed by atoms with van der Waals surface area (Å²) in [6.45, 7) is 1.79. The first-order valence-corrected chi connectivity index (χ1v) is 7.07. The fourth-order valence-electron chi connectivity index (χ4n) is 1.63. The number of nitrogens with one attached hydrogen (secondary N) is 2. The zero-order valence-electron chi connectivity index (χ0n) is 11.9. The van der Waals surface area contributed by atoms with Gasteiger partial charge in [-0.05, 0) is 19.1 Å². The van der Waals surface area contributed by atoms with Crippen molar-refractivity contribution in [1.29, 1.82) is 0 Å². The van der Waals surface area contributed by atoms with Crippen molar-refractivity contribution in [3.8, 4) is 11.5 Å². The number of hydrogen-bond donors (Lipinski definition) is 2. The Hall–Kier alpha value is -2.22. The maximum Gasteiger partial charge on any atom is 0.237 e. The number of benzene rings is 1. The molecule has 1 amide bonds. The van der Waals surface area contributed by atoms with Crippen LogP contribution < -0.4 is 14.8 Å². The quantitative estimate of drug-likeness (QED) is 0.793. The molecule has 1 unspecified atom stereocenters. The van der Waals surface area contributed by atoms with E-state index in [9.17, 15) is 4.79 Å². The van der Waals surface area contributed by atoms with Crippen LogP contribution in [-0.4, -0.2) is 40.6 Å². The summed E-state index contributed by atoms with van der Waals surface area (Å²) in [6.07, 6.45) is 1.40. The van der Waals surface area contributed by atoms with Crippen LogP contribution in [0.15, 0.2) is 29.7 Å². The summed E-state index contributed by atoms with van der Waals surface area (Å²) in [4.78, 5) is 16.1. The molecule has 0 spiro atoms. The molecule has 1 aromatic carbocycles. The molecule has 0 aliphatic rings. The van der Waals surface area contributed by atoms with Gasteiger partial charge in [-0.15, -0.1) is 0 Å². The molecule has 0 saturated heterocycles. The first kappa shape index (κ1) is 15.2. The van der Waals surface area contributed by atoms with Crippen molar-refractivity contribution < 1.29 is 14.3 Å². The van der Waals surface area contributed by atoms with Crippen LogP contribution in [0.1, 0.15) is 6.92 Å². The van der Waals surface area contributed by atoms with E-state index >= 15 is 0 Å². The average Bonchev–Trinajstić information content (AvgIpc) is 2.99. The summed E-state index contributed by atoms with van der Waals surface area (Å²) in [6, 6.07) is 5.20. The second-order valence-corrected chi connectivity index (χ2v) is 5.44. The van der Waals surface area contributed by atoms with Gasteiger partial charge in [0.1, 0.15) is 6.33 Å².